The van der Waals surface area contributed by atoms with Crippen LogP contribution in [0.3, 0.4) is 0 Å². The third-order valence-electron chi connectivity index (χ3n) is 1.36. The normalized spacial score (nSPS) is 11.5. The summed E-state index contributed by atoms with van der Waals surface area (Å²) in [5, 5.41) is 0. The molecule has 0 unspecified atom stereocenters. The van der Waals surface area contributed by atoms with Crippen LogP contribution in [0.5, 0.6) is 0 Å². The molecule has 0 amide bonds. The van der Waals surface area contributed by atoms with Gasteiger partial charge >= 0.3 is 0 Å². The fourth-order valence-electron chi connectivity index (χ4n) is 0.999. The minimum atomic E-state index is -2.93. The molecule has 0 fully saturated rings. The topological polar surface area (TPSA) is 47.0 Å². The monoisotopic (exact) mass is 185 g/mol. The zero-order chi connectivity index (χ0) is 9.19. The van der Waals surface area contributed by atoms with Crippen molar-refractivity contribution in [2.24, 2.45) is 0 Å². The fraction of sp³-hybridized carbons (Fsp3) is 0.375. The molecule has 1 aromatic heterocycles. The number of hydrogen-bond acceptors (Lipinski definition) is 3. The van der Waals surface area contributed by atoms with Gasteiger partial charge in [-0.1, -0.05) is 6.07 Å². The molecule has 0 spiro atoms. The Labute approximate surface area is 72.4 Å². The molecule has 0 atom stereocenters. The van der Waals surface area contributed by atoms with Crippen molar-refractivity contribution in [2.75, 3.05) is 6.26 Å². The minimum Gasteiger partial charge on any atom is -0.264 e. The van der Waals surface area contributed by atoms with E-state index in [-0.39, 0.29) is 5.75 Å². The van der Waals surface area contributed by atoms with Gasteiger partial charge < -0.3 is 0 Å². The predicted molar refractivity (Wildman–Crippen MR) is 47.5 cm³/mol. The van der Waals surface area contributed by atoms with Crippen LogP contribution in [-0.2, 0) is 15.6 Å². The van der Waals surface area contributed by atoms with Gasteiger partial charge in [0.1, 0.15) is 0 Å². The Hall–Kier alpha value is -0.900. The molecule has 1 heterocycles. The molecule has 0 aliphatic heterocycles. The van der Waals surface area contributed by atoms with Crippen LogP contribution in [0.15, 0.2) is 18.5 Å². The van der Waals surface area contributed by atoms with E-state index in [2.05, 4.69) is 4.98 Å². The first kappa shape index (κ1) is 9.19. The number of aryl methyl sites for hydroxylation is 1. The highest BCUT2D eigenvalue weighted by atomic mass is 32.2. The largest absolute Gasteiger partial charge is 0.264 e. The van der Waals surface area contributed by atoms with Crippen molar-refractivity contribution in [3.63, 3.8) is 0 Å². The quantitative estimate of drug-likeness (QED) is 0.688. The number of sulfone groups is 1. The SMILES string of the molecule is Cc1cncc(CS(C)(=O)=O)c1. The molecule has 0 saturated carbocycles. The molecule has 0 saturated heterocycles. The molecule has 0 N–H and O–H groups in total. The molecule has 4 heteroatoms. The lowest BCUT2D eigenvalue weighted by Gasteiger charge is -1.98. The maximum absolute atomic E-state index is 10.9. The van der Waals surface area contributed by atoms with E-state index in [0.29, 0.717) is 0 Å². The molecular formula is C8H11NO2S. The maximum Gasteiger partial charge on any atom is 0.151 e. The van der Waals surface area contributed by atoms with E-state index in [9.17, 15) is 8.42 Å². The molecule has 1 aromatic rings. The number of nitrogens with zero attached hydrogens (tertiary/aromatic N) is 1. The summed E-state index contributed by atoms with van der Waals surface area (Å²) >= 11 is 0. The highest BCUT2D eigenvalue weighted by molar-refractivity contribution is 7.89. The molecular weight excluding hydrogens is 174 g/mol. The van der Waals surface area contributed by atoms with E-state index in [1.54, 1.807) is 12.4 Å². The van der Waals surface area contributed by atoms with Crippen LogP contribution < -0.4 is 0 Å². The number of pyridine rings is 1. The number of rotatable bonds is 2. The molecule has 0 bridgehead atoms. The van der Waals surface area contributed by atoms with Crippen LogP contribution in [-0.4, -0.2) is 19.7 Å². The summed E-state index contributed by atoms with van der Waals surface area (Å²) in [5.74, 6) is 0.0711. The van der Waals surface area contributed by atoms with Gasteiger partial charge in [0.05, 0.1) is 5.75 Å². The Morgan fingerprint density at radius 2 is 2.08 bits per heavy atom. The van der Waals surface area contributed by atoms with Gasteiger partial charge in [0.2, 0.25) is 0 Å². The van der Waals surface area contributed by atoms with Gasteiger partial charge in [-0.15, -0.1) is 0 Å². The van der Waals surface area contributed by atoms with Crippen molar-refractivity contribution in [2.45, 2.75) is 12.7 Å². The first-order valence-corrected chi connectivity index (χ1v) is 5.62. The summed E-state index contributed by atoms with van der Waals surface area (Å²) < 4.78 is 21.8. The average molecular weight is 185 g/mol. The molecule has 1 rings (SSSR count). The zero-order valence-corrected chi connectivity index (χ0v) is 7.93. The lowest BCUT2D eigenvalue weighted by molar-refractivity contribution is 0.601. The van der Waals surface area contributed by atoms with Gasteiger partial charge in [-0.2, -0.15) is 0 Å². The third kappa shape index (κ3) is 3.00. The average Bonchev–Trinajstić information content (AvgIpc) is 1.82. The van der Waals surface area contributed by atoms with Crippen LogP contribution >= 0.6 is 0 Å². The van der Waals surface area contributed by atoms with Crippen molar-refractivity contribution in [1.82, 2.24) is 4.98 Å². The highest BCUT2D eigenvalue weighted by Gasteiger charge is 2.03. The first-order valence-electron chi connectivity index (χ1n) is 3.55. The van der Waals surface area contributed by atoms with Crippen LogP contribution in [0.4, 0.5) is 0 Å². The van der Waals surface area contributed by atoms with E-state index in [1.807, 2.05) is 13.0 Å². The molecule has 3 nitrogen and oxygen atoms in total. The molecule has 0 aliphatic carbocycles. The van der Waals surface area contributed by atoms with E-state index >= 15 is 0 Å². The van der Waals surface area contributed by atoms with Crippen LogP contribution in [0.25, 0.3) is 0 Å². The Balaban J connectivity index is 2.91. The van der Waals surface area contributed by atoms with Crippen molar-refractivity contribution < 1.29 is 8.42 Å². The summed E-state index contributed by atoms with van der Waals surface area (Å²) in [7, 11) is -2.93. The van der Waals surface area contributed by atoms with Gasteiger partial charge in [0.25, 0.3) is 0 Å². The standard InChI is InChI=1S/C8H11NO2S/c1-7-3-8(5-9-4-7)6-12(2,10)11/h3-5H,6H2,1-2H3. The van der Waals surface area contributed by atoms with Crippen LogP contribution in [0.1, 0.15) is 11.1 Å². The summed E-state index contributed by atoms with van der Waals surface area (Å²) in [4.78, 5) is 3.90. The summed E-state index contributed by atoms with van der Waals surface area (Å²) in [5.41, 5.74) is 1.73. The van der Waals surface area contributed by atoms with Crippen molar-refractivity contribution in [3.8, 4) is 0 Å². The Bertz CT molecular complexity index is 370. The second kappa shape index (κ2) is 3.23. The highest BCUT2D eigenvalue weighted by Crippen LogP contribution is 2.04. The summed E-state index contributed by atoms with van der Waals surface area (Å²) in [6.07, 6.45) is 4.50. The number of aromatic nitrogens is 1. The predicted octanol–water partition coefficient (Wildman–Crippen LogP) is 0.935. The number of hydrogen-bond donors (Lipinski definition) is 0. The summed E-state index contributed by atoms with van der Waals surface area (Å²) in [6, 6.07) is 1.83. The third-order valence-corrected chi connectivity index (χ3v) is 2.22. The smallest absolute Gasteiger partial charge is 0.151 e. The Kier molecular flexibility index (Phi) is 2.47. The van der Waals surface area contributed by atoms with Gasteiger partial charge in [0.15, 0.2) is 9.84 Å². The van der Waals surface area contributed by atoms with Crippen molar-refractivity contribution in [3.05, 3.63) is 29.6 Å². The second-order valence-corrected chi connectivity index (χ2v) is 5.08. The molecule has 12 heavy (non-hydrogen) atoms. The lowest BCUT2D eigenvalue weighted by atomic mass is 10.2. The van der Waals surface area contributed by atoms with Crippen LogP contribution in [0, 0.1) is 6.92 Å². The van der Waals surface area contributed by atoms with E-state index in [1.165, 1.54) is 6.26 Å². The van der Waals surface area contributed by atoms with Gasteiger partial charge in [-0.3, -0.25) is 4.98 Å². The van der Waals surface area contributed by atoms with Gasteiger partial charge in [0, 0.05) is 18.6 Å². The molecule has 0 radical (unpaired) electrons. The minimum absolute atomic E-state index is 0.0711. The summed E-state index contributed by atoms with van der Waals surface area (Å²) in [6.45, 7) is 1.89. The van der Waals surface area contributed by atoms with Gasteiger partial charge in [-0.05, 0) is 18.1 Å². The molecule has 0 aliphatic rings. The lowest BCUT2D eigenvalue weighted by Crippen LogP contribution is -2.01. The zero-order valence-electron chi connectivity index (χ0n) is 7.11. The van der Waals surface area contributed by atoms with Gasteiger partial charge in [-0.25, -0.2) is 8.42 Å². The Morgan fingerprint density at radius 1 is 1.42 bits per heavy atom. The molecule has 66 valence electrons. The second-order valence-electron chi connectivity index (χ2n) is 2.94. The Morgan fingerprint density at radius 3 is 2.58 bits per heavy atom. The maximum atomic E-state index is 10.9. The first-order chi connectivity index (χ1) is 5.47. The molecule has 0 aromatic carbocycles. The van der Waals surface area contributed by atoms with E-state index in [4.69, 9.17) is 0 Å². The van der Waals surface area contributed by atoms with E-state index in [0.717, 1.165) is 11.1 Å². The van der Waals surface area contributed by atoms with E-state index < -0.39 is 9.84 Å². The fourth-order valence-corrected chi connectivity index (χ4v) is 1.76. The van der Waals surface area contributed by atoms with Crippen molar-refractivity contribution >= 4 is 9.84 Å². The van der Waals surface area contributed by atoms with Crippen LogP contribution in [0.2, 0.25) is 0 Å². The van der Waals surface area contributed by atoms with Crippen molar-refractivity contribution in [1.29, 1.82) is 0 Å².